The molecular weight excluding hydrogens is 274 g/mol. The van der Waals surface area contributed by atoms with Crippen molar-refractivity contribution < 1.29 is 14.8 Å². The van der Waals surface area contributed by atoms with Crippen LogP contribution in [0.1, 0.15) is 15.9 Å². The summed E-state index contributed by atoms with van der Waals surface area (Å²) in [5.74, 6) is -0.594. The van der Waals surface area contributed by atoms with E-state index in [4.69, 9.17) is 5.11 Å². The number of benzene rings is 1. The molecule has 1 N–H and O–H groups in total. The van der Waals surface area contributed by atoms with Gasteiger partial charge in [0.15, 0.2) is 0 Å². The summed E-state index contributed by atoms with van der Waals surface area (Å²) in [6.45, 7) is 1.62. The predicted molar refractivity (Wildman–Crippen MR) is 77.1 cm³/mol. The lowest BCUT2D eigenvalue weighted by Gasteiger charge is -2.18. The van der Waals surface area contributed by atoms with Crippen LogP contribution in [0.5, 0.6) is 0 Å². The number of nitro groups is 1. The smallest absolute Gasteiger partial charge is 0.335 e. The minimum Gasteiger partial charge on any atom is -0.478 e. The molecule has 7 heteroatoms. The Morgan fingerprint density at radius 3 is 2.48 bits per heavy atom. The number of anilines is 2. The van der Waals surface area contributed by atoms with Gasteiger partial charge in [-0.05, 0) is 31.2 Å². The fourth-order valence-corrected chi connectivity index (χ4v) is 1.84. The third-order valence-corrected chi connectivity index (χ3v) is 3.10. The maximum absolute atomic E-state index is 10.9. The van der Waals surface area contributed by atoms with E-state index in [2.05, 4.69) is 4.98 Å². The zero-order valence-electron chi connectivity index (χ0n) is 11.5. The Morgan fingerprint density at radius 1 is 1.33 bits per heavy atom. The molecule has 1 aromatic heterocycles. The van der Waals surface area contributed by atoms with Gasteiger partial charge in [0, 0.05) is 24.5 Å². The lowest BCUT2D eigenvalue weighted by Crippen LogP contribution is -2.12. The number of carboxylic acids is 1. The Labute approximate surface area is 120 Å². The zero-order valence-corrected chi connectivity index (χ0v) is 11.5. The van der Waals surface area contributed by atoms with Crippen LogP contribution in [-0.2, 0) is 0 Å². The van der Waals surface area contributed by atoms with Crippen LogP contribution in [0.3, 0.4) is 0 Å². The van der Waals surface area contributed by atoms with Gasteiger partial charge in [-0.1, -0.05) is 0 Å². The average molecular weight is 287 g/mol. The van der Waals surface area contributed by atoms with E-state index >= 15 is 0 Å². The van der Waals surface area contributed by atoms with Crippen molar-refractivity contribution in [1.82, 2.24) is 4.98 Å². The number of hydrogen-bond donors (Lipinski definition) is 1. The molecule has 1 heterocycles. The summed E-state index contributed by atoms with van der Waals surface area (Å²) in [7, 11) is 1.71. The maximum atomic E-state index is 10.9. The quantitative estimate of drug-likeness (QED) is 0.686. The Balaban J connectivity index is 2.35. The Bertz CT molecular complexity index is 698. The van der Waals surface area contributed by atoms with Crippen LogP contribution in [0.25, 0.3) is 0 Å². The summed E-state index contributed by atoms with van der Waals surface area (Å²) in [6, 6.07) is 7.57. The first-order valence-electron chi connectivity index (χ1n) is 6.08. The second-order valence-corrected chi connectivity index (χ2v) is 4.50. The number of aryl methyl sites for hydroxylation is 1. The molecule has 21 heavy (non-hydrogen) atoms. The highest BCUT2D eigenvalue weighted by Gasteiger charge is 2.15. The number of nitrogens with zero attached hydrogens (tertiary/aromatic N) is 3. The van der Waals surface area contributed by atoms with Crippen LogP contribution in [0, 0.1) is 17.0 Å². The van der Waals surface area contributed by atoms with E-state index in [1.807, 2.05) is 0 Å². The van der Waals surface area contributed by atoms with Gasteiger partial charge in [-0.15, -0.1) is 0 Å². The predicted octanol–water partition coefficient (Wildman–Crippen LogP) is 2.76. The first-order valence-corrected chi connectivity index (χ1v) is 6.08. The molecule has 0 aliphatic heterocycles. The number of aromatic carboxylic acids is 1. The SMILES string of the molecule is Cc1cnc(N(C)c2ccc(C(=O)O)cc2)cc1[N+](=O)[O-]. The molecule has 0 saturated heterocycles. The summed E-state index contributed by atoms with van der Waals surface area (Å²) >= 11 is 0. The summed E-state index contributed by atoms with van der Waals surface area (Å²) in [5.41, 5.74) is 1.34. The van der Waals surface area contributed by atoms with Crippen molar-refractivity contribution in [1.29, 1.82) is 0 Å². The van der Waals surface area contributed by atoms with Crippen molar-refractivity contribution in [3.8, 4) is 0 Å². The largest absolute Gasteiger partial charge is 0.478 e. The second kappa shape index (κ2) is 5.58. The number of hydrogen-bond acceptors (Lipinski definition) is 5. The molecule has 7 nitrogen and oxygen atoms in total. The first-order chi connectivity index (χ1) is 9.90. The lowest BCUT2D eigenvalue weighted by atomic mass is 10.2. The number of rotatable bonds is 4. The molecular formula is C14H13N3O4. The van der Waals surface area contributed by atoms with E-state index in [1.54, 1.807) is 31.0 Å². The van der Waals surface area contributed by atoms with E-state index in [9.17, 15) is 14.9 Å². The van der Waals surface area contributed by atoms with Crippen LogP contribution >= 0.6 is 0 Å². The molecule has 0 saturated carbocycles. The summed E-state index contributed by atoms with van der Waals surface area (Å²) in [5, 5.41) is 19.8. The van der Waals surface area contributed by atoms with Crippen LogP contribution in [0.4, 0.5) is 17.2 Å². The highest BCUT2D eigenvalue weighted by Crippen LogP contribution is 2.26. The fraction of sp³-hybridized carbons (Fsp3) is 0.143. The number of pyridine rings is 1. The molecule has 0 spiro atoms. The molecule has 108 valence electrons. The van der Waals surface area contributed by atoms with Crippen molar-refractivity contribution >= 4 is 23.2 Å². The molecule has 0 bridgehead atoms. The molecule has 0 unspecified atom stereocenters. The fourth-order valence-electron chi connectivity index (χ4n) is 1.84. The molecule has 0 radical (unpaired) electrons. The third kappa shape index (κ3) is 2.97. The molecule has 1 aromatic carbocycles. The molecule has 0 atom stereocenters. The van der Waals surface area contributed by atoms with Gasteiger partial charge in [0.05, 0.1) is 16.6 Å². The van der Waals surface area contributed by atoms with Gasteiger partial charge < -0.3 is 10.0 Å². The minimum atomic E-state index is -1.01. The summed E-state index contributed by atoms with van der Waals surface area (Å²) in [6.07, 6.45) is 1.44. The van der Waals surface area contributed by atoms with Crippen LogP contribution in [-0.4, -0.2) is 28.0 Å². The van der Waals surface area contributed by atoms with Crippen LogP contribution in [0.15, 0.2) is 36.5 Å². The van der Waals surface area contributed by atoms with Gasteiger partial charge >= 0.3 is 5.97 Å². The van der Waals surface area contributed by atoms with E-state index < -0.39 is 10.9 Å². The molecule has 2 rings (SSSR count). The number of carbonyl (C=O) groups is 1. The molecule has 2 aromatic rings. The third-order valence-electron chi connectivity index (χ3n) is 3.10. The van der Waals surface area contributed by atoms with Gasteiger partial charge in [-0.25, -0.2) is 9.78 Å². The van der Waals surface area contributed by atoms with Gasteiger partial charge in [0.25, 0.3) is 5.69 Å². The monoisotopic (exact) mass is 287 g/mol. The molecule has 0 aliphatic carbocycles. The Morgan fingerprint density at radius 2 is 1.95 bits per heavy atom. The van der Waals surface area contributed by atoms with Crippen LogP contribution in [0.2, 0.25) is 0 Å². The van der Waals surface area contributed by atoms with Crippen molar-refractivity contribution in [3.05, 3.63) is 57.8 Å². The van der Waals surface area contributed by atoms with E-state index in [0.717, 1.165) is 0 Å². The van der Waals surface area contributed by atoms with Crippen LogP contribution < -0.4 is 4.90 Å². The van der Waals surface area contributed by atoms with Gasteiger partial charge in [0.2, 0.25) is 0 Å². The maximum Gasteiger partial charge on any atom is 0.335 e. The molecule has 0 amide bonds. The Hall–Kier alpha value is -2.96. The van der Waals surface area contributed by atoms with Crippen molar-refractivity contribution in [3.63, 3.8) is 0 Å². The normalized spacial score (nSPS) is 10.2. The highest BCUT2D eigenvalue weighted by molar-refractivity contribution is 5.88. The number of aromatic nitrogens is 1. The van der Waals surface area contributed by atoms with Crippen molar-refractivity contribution in [2.24, 2.45) is 0 Å². The van der Waals surface area contributed by atoms with E-state index in [0.29, 0.717) is 17.1 Å². The zero-order chi connectivity index (χ0) is 15.6. The lowest BCUT2D eigenvalue weighted by molar-refractivity contribution is -0.385. The highest BCUT2D eigenvalue weighted by atomic mass is 16.6. The average Bonchev–Trinajstić information content (AvgIpc) is 2.46. The summed E-state index contributed by atoms with van der Waals surface area (Å²) in [4.78, 5) is 27.1. The first kappa shape index (κ1) is 14.4. The number of carboxylic acid groups (broad SMARTS) is 1. The van der Waals surface area contributed by atoms with Gasteiger partial charge in [-0.2, -0.15) is 0 Å². The topological polar surface area (TPSA) is 96.6 Å². The summed E-state index contributed by atoms with van der Waals surface area (Å²) < 4.78 is 0. The van der Waals surface area contributed by atoms with Gasteiger partial charge in [-0.3, -0.25) is 10.1 Å². The molecule has 0 aliphatic rings. The molecule has 0 fully saturated rings. The van der Waals surface area contributed by atoms with E-state index in [1.165, 1.54) is 24.4 Å². The second-order valence-electron chi connectivity index (χ2n) is 4.50. The van der Waals surface area contributed by atoms with Gasteiger partial charge in [0.1, 0.15) is 5.82 Å². The minimum absolute atomic E-state index is 0.00555. The van der Waals surface area contributed by atoms with E-state index in [-0.39, 0.29) is 11.3 Å². The standard InChI is InChI=1S/C14H13N3O4/c1-9-8-15-13(7-12(9)17(20)21)16(2)11-5-3-10(4-6-11)14(18)19/h3-8H,1-2H3,(H,18,19). The Kier molecular flexibility index (Phi) is 3.84. The van der Waals surface area contributed by atoms with Crippen molar-refractivity contribution in [2.75, 3.05) is 11.9 Å². The van der Waals surface area contributed by atoms with Crippen molar-refractivity contribution in [2.45, 2.75) is 6.92 Å².